The molecule has 0 aliphatic rings. The summed E-state index contributed by atoms with van der Waals surface area (Å²) >= 11 is 0. The van der Waals surface area contributed by atoms with Gasteiger partial charge in [-0.3, -0.25) is 9.48 Å². The largest absolute Gasteiger partial charge is 0.707 e. The van der Waals surface area contributed by atoms with Gasteiger partial charge in [0.2, 0.25) is 0 Å². The van der Waals surface area contributed by atoms with E-state index in [2.05, 4.69) is 10.4 Å². The van der Waals surface area contributed by atoms with Gasteiger partial charge in [-0.05, 0) is 51.5 Å². The van der Waals surface area contributed by atoms with Crippen LogP contribution in [0.1, 0.15) is 42.5 Å². The second-order valence-corrected chi connectivity index (χ2v) is 6.52. The summed E-state index contributed by atoms with van der Waals surface area (Å²) in [6.45, 7) is 8.17. The third kappa shape index (κ3) is 4.59. The van der Waals surface area contributed by atoms with Crippen LogP contribution in [-0.2, 0) is 12.1 Å². The van der Waals surface area contributed by atoms with Gasteiger partial charge < -0.3 is 20.0 Å². The molecule has 8 heteroatoms. The van der Waals surface area contributed by atoms with Crippen LogP contribution < -0.4 is 9.97 Å². The van der Waals surface area contributed by atoms with Crippen LogP contribution in [0, 0.1) is 6.92 Å². The number of carbonyl (C=O) groups is 1. The molecule has 0 saturated heterocycles. The minimum atomic E-state index is -1.85. The molecule has 1 aromatic heterocycles. The van der Waals surface area contributed by atoms with Crippen LogP contribution in [0.2, 0.25) is 0 Å². The Morgan fingerprint density at radius 3 is 2.46 bits per heavy atom. The smallest absolute Gasteiger partial charge is 0.512 e. The molecule has 0 unspecified atom stereocenters. The molecule has 0 atom stereocenters. The Labute approximate surface area is 141 Å². The molecule has 3 N–H and O–H groups in total. The molecular formula is C16H22BN3O4. The Morgan fingerprint density at radius 1 is 1.29 bits per heavy atom. The number of benzene rings is 1. The Kier molecular flexibility index (Phi) is 5.31. The van der Waals surface area contributed by atoms with Gasteiger partial charge in [0.15, 0.2) is 0 Å². The molecule has 1 amide bonds. The number of nitrogens with one attached hydrogen (secondary N) is 1. The van der Waals surface area contributed by atoms with E-state index in [1.807, 2.05) is 27.7 Å². The minimum Gasteiger partial charge on any atom is -0.512 e. The summed E-state index contributed by atoms with van der Waals surface area (Å²) in [6.07, 6.45) is 0. The Bertz CT molecular complexity index is 705. The van der Waals surface area contributed by atoms with E-state index in [-0.39, 0.29) is 11.4 Å². The van der Waals surface area contributed by atoms with Gasteiger partial charge in [-0.25, -0.2) is 0 Å². The van der Waals surface area contributed by atoms with Gasteiger partial charge in [0.1, 0.15) is 11.4 Å². The van der Waals surface area contributed by atoms with Crippen LogP contribution in [-0.4, -0.2) is 33.1 Å². The Hall–Kier alpha value is -2.32. The average Bonchev–Trinajstić information content (AvgIpc) is 2.88. The van der Waals surface area contributed by atoms with Gasteiger partial charge >= 0.3 is 7.32 Å². The second kappa shape index (κ2) is 7.06. The Balaban J connectivity index is 2.03. The van der Waals surface area contributed by atoms with Crippen LogP contribution in [0.4, 0.5) is 0 Å². The van der Waals surface area contributed by atoms with Crippen LogP contribution in [0.25, 0.3) is 0 Å². The van der Waals surface area contributed by atoms with Crippen LogP contribution >= 0.6 is 0 Å². The highest BCUT2D eigenvalue weighted by atomic mass is 16.6. The molecule has 0 aliphatic carbocycles. The summed E-state index contributed by atoms with van der Waals surface area (Å²) in [7, 11) is -1.85. The quantitative estimate of drug-likeness (QED) is 0.716. The fraction of sp³-hybridized carbons (Fsp3) is 0.375. The molecule has 0 bridgehead atoms. The second-order valence-electron chi connectivity index (χ2n) is 6.52. The van der Waals surface area contributed by atoms with E-state index < -0.39 is 7.32 Å². The fourth-order valence-electron chi connectivity index (χ4n) is 2.25. The fourth-order valence-corrected chi connectivity index (χ4v) is 2.25. The molecule has 0 fully saturated rings. The van der Waals surface area contributed by atoms with E-state index >= 15 is 0 Å². The number of aryl methyl sites for hydroxylation is 1. The van der Waals surface area contributed by atoms with Crippen molar-refractivity contribution in [3.63, 3.8) is 0 Å². The maximum Gasteiger partial charge on any atom is 0.707 e. The molecule has 0 radical (unpaired) electrons. The van der Waals surface area contributed by atoms with E-state index in [0.29, 0.717) is 18.0 Å². The molecular weight excluding hydrogens is 309 g/mol. The SMILES string of the molecule is Cc1cc(C(=O)NCc2ccc(OB(O)O)cc2)n(C(C)(C)C)n1. The first kappa shape index (κ1) is 18.0. The van der Waals surface area contributed by atoms with Gasteiger partial charge in [0.25, 0.3) is 5.91 Å². The highest BCUT2D eigenvalue weighted by Crippen LogP contribution is 2.17. The van der Waals surface area contributed by atoms with Crippen LogP contribution in [0.3, 0.4) is 0 Å². The summed E-state index contributed by atoms with van der Waals surface area (Å²) < 4.78 is 6.45. The van der Waals surface area contributed by atoms with Gasteiger partial charge in [0, 0.05) is 6.54 Å². The first-order chi connectivity index (χ1) is 11.2. The molecule has 1 aromatic carbocycles. The third-order valence-electron chi connectivity index (χ3n) is 3.32. The van der Waals surface area contributed by atoms with E-state index in [0.717, 1.165) is 11.3 Å². The summed E-state index contributed by atoms with van der Waals surface area (Å²) in [5.74, 6) is 0.137. The third-order valence-corrected chi connectivity index (χ3v) is 3.32. The van der Waals surface area contributed by atoms with Crippen molar-refractivity contribution in [3.8, 4) is 5.75 Å². The van der Waals surface area contributed by atoms with Crippen LogP contribution in [0.5, 0.6) is 5.75 Å². The lowest BCUT2D eigenvalue weighted by atomic mass is 10.1. The number of amides is 1. The molecule has 24 heavy (non-hydrogen) atoms. The molecule has 1 heterocycles. The van der Waals surface area contributed by atoms with Gasteiger partial charge in [-0.15, -0.1) is 0 Å². The van der Waals surface area contributed by atoms with E-state index in [9.17, 15) is 4.79 Å². The average molecular weight is 331 g/mol. The molecule has 128 valence electrons. The standard InChI is InChI=1S/C16H22BN3O4/c1-11-9-14(20(19-11)16(2,3)4)15(21)18-10-12-5-7-13(8-6-12)24-17(22)23/h5-9,22-23H,10H2,1-4H3,(H,18,21). The molecule has 0 spiro atoms. The summed E-state index contributed by atoms with van der Waals surface area (Å²) in [5.41, 5.74) is 1.88. The Morgan fingerprint density at radius 2 is 1.92 bits per heavy atom. The van der Waals surface area contributed by atoms with Crippen molar-refractivity contribution in [2.45, 2.75) is 39.8 Å². The number of hydrogen-bond acceptors (Lipinski definition) is 5. The summed E-state index contributed by atoms with van der Waals surface area (Å²) in [4.78, 5) is 12.4. The van der Waals surface area contributed by atoms with Gasteiger partial charge in [-0.1, -0.05) is 12.1 Å². The highest BCUT2D eigenvalue weighted by Gasteiger charge is 2.22. The van der Waals surface area contributed by atoms with Crippen LogP contribution in [0.15, 0.2) is 30.3 Å². The van der Waals surface area contributed by atoms with Crippen molar-refractivity contribution in [3.05, 3.63) is 47.3 Å². The lowest BCUT2D eigenvalue weighted by Crippen LogP contribution is -2.32. The zero-order valence-electron chi connectivity index (χ0n) is 14.3. The normalized spacial score (nSPS) is 11.2. The first-order valence-electron chi connectivity index (χ1n) is 7.64. The lowest BCUT2D eigenvalue weighted by Gasteiger charge is -2.22. The summed E-state index contributed by atoms with van der Waals surface area (Å²) in [5, 5.41) is 24.7. The van der Waals surface area contributed by atoms with Crippen molar-refractivity contribution in [2.75, 3.05) is 0 Å². The minimum absolute atomic E-state index is 0.198. The number of nitrogens with zero attached hydrogens (tertiary/aromatic N) is 2. The van der Waals surface area contributed by atoms with Crippen molar-refractivity contribution >= 4 is 13.2 Å². The van der Waals surface area contributed by atoms with Crippen molar-refractivity contribution in [1.82, 2.24) is 15.1 Å². The van der Waals surface area contributed by atoms with Crippen molar-refractivity contribution in [1.29, 1.82) is 0 Å². The van der Waals surface area contributed by atoms with E-state index in [1.54, 1.807) is 35.0 Å². The predicted octanol–water partition coefficient (Wildman–Crippen LogP) is 1.22. The zero-order chi connectivity index (χ0) is 17.9. The highest BCUT2D eigenvalue weighted by molar-refractivity contribution is 6.33. The monoisotopic (exact) mass is 331 g/mol. The van der Waals surface area contributed by atoms with E-state index in [1.165, 1.54) is 0 Å². The van der Waals surface area contributed by atoms with Gasteiger partial charge in [-0.2, -0.15) is 5.10 Å². The van der Waals surface area contributed by atoms with Gasteiger partial charge in [0.05, 0.1) is 11.2 Å². The molecule has 2 rings (SSSR count). The molecule has 7 nitrogen and oxygen atoms in total. The lowest BCUT2D eigenvalue weighted by molar-refractivity contribution is 0.0932. The zero-order valence-corrected chi connectivity index (χ0v) is 14.3. The number of carbonyl (C=O) groups excluding carboxylic acids is 1. The summed E-state index contributed by atoms with van der Waals surface area (Å²) in [6, 6.07) is 8.45. The maximum atomic E-state index is 12.4. The first-order valence-corrected chi connectivity index (χ1v) is 7.64. The molecule has 0 saturated carbocycles. The van der Waals surface area contributed by atoms with E-state index in [4.69, 9.17) is 14.7 Å². The predicted molar refractivity (Wildman–Crippen MR) is 90.4 cm³/mol. The number of aromatic nitrogens is 2. The number of rotatable bonds is 5. The molecule has 2 aromatic rings. The topological polar surface area (TPSA) is 96.6 Å². The van der Waals surface area contributed by atoms with Crippen molar-refractivity contribution < 1.29 is 19.5 Å². The number of hydrogen-bond donors (Lipinski definition) is 3. The van der Waals surface area contributed by atoms with Crippen molar-refractivity contribution in [2.24, 2.45) is 0 Å². The molecule has 0 aliphatic heterocycles. The maximum absolute atomic E-state index is 12.4.